The monoisotopic (exact) mass is 1760 g/mol. The molecule has 124 heavy (non-hydrogen) atoms. The summed E-state index contributed by atoms with van der Waals surface area (Å²) in [5, 5.41) is 5.66. The van der Waals surface area contributed by atoms with Crippen LogP contribution in [-0.2, 0) is 23.7 Å². The summed E-state index contributed by atoms with van der Waals surface area (Å²) in [4.78, 5) is 11.1. The van der Waals surface area contributed by atoms with E-state index in [0.29, 0.717) is 0 Å². The molecule has 0 amide bonds. The van der Waals surface area contributed by atoms with E-state index in [2.05, 4.69) is 231 Å². The molecule has 0 N–H and O–H groups in total. The third-order valence-corrected chi connectivity index (χ3v) is 34.1. The lowest BCUT2D eigenvalue weighted by molar-refractivity contribution is 0.398. The van der Waals surface area contributed by atoms with Crippen molar-refractivity contribution in [1.29, 1.82) is 0 Å². The number of thiophene rings is 4. The normalized spacial score (nSPS) is 13.1. The Morgan fingerprint density at radius 1 is 0.250 bits per heavy atom. The topological polar surface area (TPSA) is 51.6 Å². The average molecular weight is 1760 g/mol. The van der Waals surface area contributed by atoms with E-state index in [1.54, 1.807) is 22.3 Å². The molecule has 652 valence electrons. The maximum absolute atomic E-state index is 5.11. The quantitative estimate of drug-likeness (QED) is 0.0357. The van der Waals surface area contributed by atoms with Crippen LogP contribution in [0.1, 0.15) is 353 Å². The van der Waals surface area contributed by atoms with Crippen molar-refractivity contribution in [2.45, 2.75) is 350 Å². The van der Waals surface area contributed by atoms with Crippen LogP contribution in [0.3, 0.4) is 0 Å². The molecule has 0 saturated heterocycles. The molecule has 0 unspecified atom stereocenters. The van der Waals surface area contributed by atoms with E-state index in [1.807, 2.05) is 45.3 Å². The average Bonchev–Trinajstić information content (AvgIpc) is 1.55. The number of fused-ring (bicyclic) bond motifs is 12. The fourth-order valence-corrected chi connectivity index (χ4v) is 27.1. The number of rotatable bonds is 48. The first-order valence-corrected chi connectivity index (χ1v) is 53.9. The van der Waals surface area contributed by atoms with Crippen molar-refractivity contribution in [1.82, 2.24) is 17.5 Å². The molecular weight excluding hydrogens is 1620 g/mol. The van der Waals surface area contributed by atoms with Crippen LogP contribution in [0.2, 0.25) is 0 Å². The van der Waals surface area contributed by atoms with Crippen LogP contribution >= 0.6 is 68.8 Å². The molecule has 6 heterocycles. The summed E-state index contributed by atoms with van der Waals surface area (Å²) in [6.45, 7) is 23.0. The molecule has 0 radical (unpaired) electrons. The number of aryl methyl sites for hydroxylation is 6. The number of hydrogen-bond acceptors (Lipinski definition) is 10. The number of hydrogen-bond donors (Lipinski definition) is 0. The van der Waals surface area contributed by atoms with Crippen molar-refractivity contribution in [2.75, 3.05) is 0 Å². The third-order valence-electron chi connectivity index (χ3n) is 28.1. The first-order chi connectivity index (χ1) is 60.9. The Hall–Kier alpha value is -7.28. The summed E-state index contributed by atoms with van der Waals surface area (Å²) < 4.78 is 19.6. The van der Waals surface area contributed by atoms with Crippen molar-refractivity contribution in [3.05, 3.63) is 213 Å². The van der Waals surface area contributed by atoms with Gasteiger partial charge in [-0.2, -0.15) is 17.5 Å². The lowest BCUT2D eigenvalue weighted by Crippen LogP contribution is -2.26. The van der Waals surface area contributed by atoms with Crippen LogP contribution in [0.25, 0.3) is 128 Å². The van der Waals surface area contributed by atoms with E-state index in [9.17, 15) is 0 Å². The summed E-state index contributed by atoms with van der Waals surface area (Å²) in [5.74, 6) is 0. The second-order valence-electron chi connectivity index (χ2n) is 37.1. The van der Waals surface area contributed by atoms with E-state index in [-0.39, 0.29) is 10.8 Å². The van der Waals surface area contributed by atoms with Gasteiger partial charge in [-0.15, -0.1) is 45.3 Å². The summed E-state index contributed by atoms with van der Waals surface area (Å²) >= 11 is 10.6. The van der Waals surface area contributed by atoms with E-state index in [1.165, 1.54) is 419 Å². The second kappa shape index (κ2) is 44.6. The molecule has 14 aromatic rings. The highest BCUT2D eigenvalue weighted by atomic mass is 32.1. The molecule has 2 aliphatic carbocycles. The first kappa shape index (κ1) is 91.5. The summed E-state index contributed by atoms with van der Waals surface area (Å²) in [7, 11) is 0. The van der Waals surface area contributed by atoms with Crippen LogP contribution in [0, 0.1) is 27.7 Å². The predicted molar refractivity (Wildman–Crippen MR) is 551 cm³/mol. The molecule has 0 saturated carbocycles. The van der Waals surface area contributed by atoms with E-state index in [4.69, 9.17) is 13.1 Å². The molecule has 4 nitrogen and oxygen atoms in total. The van der Waals surface area contributed by atoms with Crippen molar-refractivity contribution in [3.8, 4) is 84.2 Å². The largest absolute Gasteiger partial charge is 0.173 e. The summed E-state index contributed by atoms with van der Waals surface area (Å²) in [6.07, 6.45) is 54.8. The summed E-state index contributed by atoms with van der Waals surface area (Å²) in [6, 6.07) is 62.5. The molecule has 16 rings (SSSR count). The van der Waals surface area contributed by atoms with E-state index >= 15 is 0 Å². The summed E-state index contributed by atoms with van der Waals surface area (Å²) in [5.41, 5.74) is 29.9. The van der Waals surface area contributed by atoms with Crippen LogP contribution in [-0.4, -0.2) is 17.5 Å². The van der Waals surface area contributed by atoms with Crippen molar-refractivity contribution in [3.63, 3.8) is 0 Å². The second-order valence-corrected chi connectivity index (χ2v) is 42.7. The predicted octanol–water partition coefficient (Wildman–Crippen LogP) is 38.5. The minimum Gasteiger partial charge on any atom is -0.173 e. The number of unbranched alkanes of at least 4 members (excludes halogenated alkanes) is 30. The zero-order valence-corrected chi connectivity index (χ0v) is 81.8. The van der Waals surface area contributed by atoms with Crippen LogP contribution in [0.5, 0.6) is 0 Å². The van der Waals surface area contributed by atoms with Crippen molar-refractivity contribution < 1.29 is 0 Å². The molecule has 10 heteroatoms. The van der Waals surface area contributed by atoms with Gasteiger partial charge in [-0.3, -0.25) is 0 Å². The van der Waals surface area contributed by atoms with Crippen LogP contribution < -0.4 is 0 Å². The SMILES string of the molecule is CCCCCCCCC1(CCCCCCCC)c2cc(-c3ccc(C)c4nsnc34)ccc2-c2c1cc(C)c1ccccc21.CCCCCCCCc1cc(-c2ccc(-c3cc(CCCCCCCC)c(-c4ccc(-c5ccc6c(c5)C(CCCCCCCC)(CCCCCCCC)c5cc(C)c7ccccc7c5-6)s4)s3)c3nsnc23)sc1-c1ccc(C)s1. The lowest BCUT2D eigenvalue weighted by atomic mass is 9.69. The zero-order chi connectivity index (χ0) is 85.8. The van der Waals surface area contributed by atoms with Crippen molar-refractivity contribution in [2.24, 2.45) is 0 Å². The van der Waals surface area contributed by atoms with Gasteiger partial charge in [0.05, 0.1) is 23.5 Å². The highest BCUT2D eigenvalue weighted by molar-refractivity contribution is 7.25. The Labute approximate surface area is 770 Å². The molecule has 2 aliphatic rings. The Kier molecular flexibility index (Phi) is 32.9. The van der Waals surface area contributed by atoms with Gasteiger partial charge in [0.1, 0.15) is 22.1 Å². The fraction of sp³-hybridized carbons (Fsp3) is 0.474. The van der Waals surface area contributed by atoms with Gasteiger partial charge < -0.3 is 0 Å². The molecule has 0 spiro atoms. The molecular formula is C114H140N4S6. The van der Waals surface area contributed by atoms with Crippen LogP contribution in [0.15, 0.2) is 158 Å². The molecule has 0 atom stereocenters. The van der Waals surface area contributed by atoms with Gasteiger partial charge in [0.25, 0.3) is 0 Å². The molecule has 6 aromatic heterocycles. The minimum atomic E-state index is 0.0221. The lowest BCUT2D eigenvalue weighted by Gasteiger charge is -2.33. The zero-order valence-electron chi connectivity index (χ0n) is 76.9. The number of benzene rings is 8. The van der Waals surface area contributed by atoms with E-state index < -0.39 is 0 Å². The highest BCUT2D eigenvalue weighted by Gasteiger charge is 2.46. The number of nitrogens with zero attached hydrogens (tertiary/aromatic N) is 4. The third kappa shape index (κ3) is 20.5. The van der Waals surface area contributed by atoms with Crippen molar-refractivity contribution >= 4 is 112 Å². The maximum atomic E-state index is 5.11. The molecule has 0 bridgehead atoms. The Bertz CT molecular complexity index is 5770. The van der Waals surface area contributed by atoms with Gasteiger partial charge in [0.15, 0.2) is 0 Å². The maximum Gasteiger partial charge on any atom is 0.114 e. The standard InChI is InChI=1S/C73H90N2S5.C41H50N2S/c1-7-11-15-19-23-27-33-54-49-66(78-71(54)64-42-37-52(6)76-64)59-40-41-60(70-69(59)74-80-75-70)67-50-55(34-28-24-20-16-12-8-2)72(79-67)65-44-43-63(77-65)53-38-39-58-61(48-53)73(45-31-25-21-17-13-9-3,46-32-26-22-18-14-10-4)62-47-51(5)56-35-29-30-36-57(56)68(58)62;1-5-7-9-11-13-17-25-41(26-18-14-12-10-8-6-2)36-28-31(33-23-21-29(3)39-40(33)43-44-42-39)22-24-35(36)38-34-20-16-15-19-32(34)30(4)27-37(38)41/h29-30,35-44,47-50H,7-28,31-34,45-46H2,1-6H3;15-16,19-24,27-28H,5-14,17-18,25-26H2,1-4H3. The van der Waals surface area contributed by atoms with Gasteiger partial charge in [-0.25, -0.2) is 0 Å². The number of aromatic nitrogens is 4. The fourth-order valence-electron chi connectivity index (χ4n) is 21.3. The first-order valence-electron chi connectivity index (χ1n) is 49.2. The van der Waals surface area contributed by atoms with Gasteiger partial charge in [0, 0.05) is 66.5 Å². The van der Waals surface area contributed by atoms with Crippen LogP contribution in [0.4, 0.5) is 0 Å². The highest BCUT2D eigenvalue weighted by Crippen LogP contribution is 2.61. The Morgan fingerprint density at radius 3 is 1.02 bits per heavy atom. The molecule has 0 fully saturated rings. The Balaban J connectivity index is 0.000000227. The van der Waals surface area contributed by atoms with Gasteiger partial charge in [-0.05, 0) is 233 Å². The van der Waals surface area contributed by atoms with Gasteiger partial charge in [-0.1, -0.05) is 369 Å². The van der Waals surface area contributed by atoms with Gasteiger partial charge >= 0.3 is 0 Å². The smallest absolute Gasteiger partial charge is 0.114 e. The van der Waals surface area contributed by atoms with Gasteiger partial charge in [0.2, 0.25) is 0 Å². The molecule has 0 aliphatic heterocycles. The Morgan fingerprint density at radius 2 is 0.597 bits per heavy atom. The minimum absolute atomic E-state index is 0.0221. The van der Waals surface area contributed by atoms with E-state index in [0.717, 1.165) is 34.9 Å². The molecule has 8 aromatic carbocycles.